The molecule has 0 heterocycles. The van der Waals surface area contributed by atoms with Crippen molar-refractivity contribution in [3.05, 3.63) is 24.2 Å². The third kappa shape index (κ3) is 7.50. The molecule has 0 radical (unpaired) electrons. The van der Waals surface area contributed by atoms with Crippen molar-refractivity contribution in [3.8, 4) is 0 Å². The Bertz CT molecular complexity index is 165. The molecule has 0 atom stereocenters. The number of allylic oxidation sites excluding steroid dienone is 2. The normalized spacial score (nSPS) is 13.2. The van der Waals surface area contributed by atoms with E-state index >= 15 is 0 Å². The molecule has 0 aliphatic heterocycles. The lowest BCUT2D eigenvalue weighted by Gasteiger charge is -1.95. The molecule has 0 fully saturated rings. The fourth-order valence-electron chi connectivity index (χ4n) is 0.777. The van der Waals surface area contributed by atoms with Gasteiger partial charge in [-0.25, -0.2) is 8.78 Å². The van der Waals surface area contributed by atoms with Gasteiger partial charge < -0.3 is 4.74 Å². The average molecular weight is 190 g/mol. The number of halogens is 2. The molecule has 0 aromatic heterocycles. The topological polar surface area (TPSA) is 9.23 Å². The first-order chi connectivity index (χ1) is 6.20. The Morgan fingerprint density at radius 3 is 1.69 bits per heavy atom. The summed E-state index contributed by atoms with van der Waals surface area (Å²) in [7, 11) is 0. The second kappa shape index (κ2) is 7.77. The maximum Gasteiger partial charge on any atom is 0.135 e. The molecule has 0 spiro atoms. The highest BCUT2D eigenvalue weighted by atomic mass is 19.1. The van der Waals surface area contributed by atoms with E-state index in [0.717, 1.165) is 12.5 Å². The molecule has 0 saturated heterocycles. The lowest BCUT2D eigenvalue weighted by atomic mass is 10.3. The Labute approximate surface area is 78.1 Å². The second-order valence-electron chi connectivity index (χ2n) is 2.77. The molecule has 0 saturated carbocycles. The van der Waals surface area contributed by atoms with Gasteiger partial charge in [-0.15, -0.1) is 0 Å². The van der Waals surface area contributed by atoms with Crippen LogP contribution in [0.4, 0.5) is 8.78 Å². The molecule has 0 aliphatic rings. The highest BCUT2D eigenvalue weighted by molar-refractivity contribution is 4.90. The third-order valence-electron chi connectivity index (χ3n) is 1.37. The first-order valence-corrected chi connectivity index (χ1v) is 4.55. The van der Waals surface area contributed by atoms with Crippen LogP contribution in [0, 0.1) is 0 Å². The Morgan fingerprint density at radius 1 is 1.00 bits per heavy atom. The summed E-state index contributed by atoms with van der Waals surface area (Å²) >= 11 is 0. The molecule has 0 unspecified atom stereocenters. The molecule has 3 heteroatoms. The van der Waals surface area contributed by atoms with Crippen LogP contribution >= 0.6 is 0 Å². The maximum absolute atomic E-state index is 12.6. The summed E-state index contributed by atoms with van der Waals surface area (Å²) in [6.45, 7) is 3.72. The fraction of sp³-hybridized carbons (Fsp3) is 0.600. The lowest BCUT2D eigenvalue weighted by molar-refractivity contribution is 0.355. The maximum atomic E-state index is 12.6. The largest absolute Gasteiger partial charge is 0.467 e. The Balaban J connectivity index is 3.74. The molecular formula is C10H16F2O. The van der Waals surface area contributed by atoms with E-state index in [-0.39, 0.29) is 11.7 Å². The molecule has 0 aromatic rings. The van der Waals surface area contributed by atoms with Gasteiger partial charge in [0.2, 0.25) is 0 Å². The van der Waals surface area contributed by atoms with Gasteiger partial charge in [0, 0.05) is 12.8 Å². The van der Waals surface area contributed by atoms with E-state index in [0.29, 0.717) is 25.7 Å². The summed E-state index contributed by atoms with van der Waals surface area (Å²) in [6.07, 6.45) is 3.99. The predicted octanol–water partition coefficient (Wildman–Crippen LogP) is 4.23. The minimum absolute atomic E-state index is 0.337. The van der Waals surface area contributed by atoms with Crippen LogP contribution in [0.15, 0.2) is 24.2 Å². The molecule has 0 rings (SSSR count). The van der Waals surface area contributed by atoms with Crippen LogP contribution in [0.25, 0.3) is 0 Å². The van der Waals surface area contributed by atoms with Gasteiger partial charge in [-0.05, 0) is 12.8 Å². The molecular weight excluding hydrogens is 174 g/mol. The zero-order chi connectivity index (χ0) is 10.1. The number of hydrogen-bond acceptors (Lipinski definition) is 1. The predicted molar refractivity (Wildman–Crippen MR) is 49.3 cm³/mol. The van der Waals surface area contributed by atoms with Crippen LogP contribution in [-0.2, 0) is 4.74 Å². The molecule has 0 N–H and O–H groups in total. The molecule has 0 bridgehead atoms. The summed E-state index contributed by atoms with van der Waals surface area (Å²) in [4.78, 5) is 0. The van der Waals surface area contributed by atoms with Crippen molar-refractivity contribution in [2.75, 3.05) is 0 Å². The standard InChI is InChI=1S/C10H16F2O/c1-3-5-9(11)7-13-8-10(12)6-4-2/h7-8H,3-6H2,1-2H3. The summed E-state index contributed by atoms with van der Waals surface area (Å²) < 4.78 is 29.8. The Hall–Kier alpha value is -0.860. The average Bonchev–Trinajstić information content (AvgIpc) is 2.05. The number of ether oxygens (including phenoxy) is 1. The zero-order valence-corrected chi connectivity index (χ0v) is 8.15. The summed E-state index contributed by atoms with van der Waals surface area (Å²) in [6, 6.07) is 0. The van der Waals surface area contributed by atoms with Crippen LogP contribution in [0.5, 0.6) is 0 Å². The number of rotatable bonds is 6. The van der Waals surface area contributed by atoms with Crippen LogP contribution < -0.4 is 0 Å². The second-order valence-corrected chi connectivity index (χ2v) is 2.77. The van der Waals surface area contributed by atoms with E-state index < -0.39 is 0 Å². The van der Waals surface area contributed by atoms with Gasteiger partial charge in [-0.1, -0.05) is 13.8 Å². The van der Waals surface area contributed by atoms with Gasteiger partial charge in [-0.2, -0.15) is 0 Å². The van der Waals surface area contributed by atoms with Gasteiger partial charge in [0.05, 0.1) is 0 Å². The summed E-state index contributed by atoms with van der Waals surface area (Å²) in [5.41, 5.74) is 0. The van der Waals surface area contributed by atoms with Crippen LogP contribution in [-0.4, -0.2) is 0 Å². The zero-order valence-electron chi connectivity index (χ0n) is 8.15. The minimum Gasteiger partial charge on any atom is -0.467 e. The van der Waals surface area contributed by atoms with E-state index in [9.17, 15) is 8.78 Å². The Kier molecular flexibility index (Phi) is 7.26. The van der Waals surface area contributed by atoms with Gasteiger partial charge in [-0.3, -0.25) is 0 Å². The lowest BCUT2D eigenvalue weighted by Crippen LogP contribution is -1.78. The van der Waals surface area contributed by atoms with Crippen molar-refractivity contribution >= 4 is 0 Å². The van der Waals surface area contributed by atoms with Crippen molar-refractivity contribution < 1.29 is 13.5 Å². The molecule has 0 aliphatic carbocycles. The first kappa shape index (κ1) is 12.1. The van der Waals surface area contributed by atoms with Gasteiger partial charge in [0.15, 0.2) is 0 Å². The van der Waals surface area contributed by atoms with Crippen molar-refractivity contribution in [1.29, 1.82) is 0 Å². The smallest absolute Gasteiger partial charge is 0.135 e. The van der Waals surface area contributed by atoms with Gasteiger partial charge >= 0.3 is 0 Å². The molecule has 0 aromatic carbocycles. The van der Waals surface area contributed by atoms with E-state index in [4.69, 9.17) is 0 Å². The van der Waals surface area contributed by atoms with Crippen LogP contribution in [0.1, 0.15) is 39.5 Å². The Morgan fingerprint density at radius 2 is 1.38 bits per heavy atom. The summed E-state index contributed by atoms with van der Waals surface area (Å²) in [5, 5.41) is 0. The first-order valence-electron chi connectivity index (χ1n) is 4.55. The quantitative estimate of drug-likeness (QED) is 0.569. The van der Waals surface area contributed by atoms with Crippen LogP contribution in [0.2, 0.25) is 0 Å². The highest BCUT2D eigenvalue weighted by Gasteiger charge is 1.93. The SMILES string of the molecule is CCCC(F)=COC=C(F)CCC. The molecule has 0 amide bonds. The van der Waals surface area contributed by atoms with Gasteiger partial charge in [0.25, 0.3) is 0 Å². The van der Waals surface area contributed by atoms with E-state index in [1.807, 2.05) is 13.8 Å². The van der Waals surface area contributed by atoms with Crippen molar-refractivity contribution in [2.45, 2.75) is 39.5 Å². The van der Waals surface area contributed by atoms with Crippen molar-refractivity contribution in [3.63, 3.8) is 0 Å². The third-order valence-corrected chi connectivity index (χ3v) is 1.37. The van der Waals surface area contributed by atoms with Crippen molar-refractivity contribution in [1.82, 2.24) is 0 Å². The minimum atomic E-state index is -0.358. The van der Waals surface area contributed by atoms with Gasteiger partial charge in [0.1, 0.15) is 24.2 Å². The van der Waals surface area contributed by atoms with E-state index in [2.05, 4.69) is 4.74 Å². The van der Waals surface area contributed by atoms with Crippen molar-refractivity contribution in [2.24, 2.45) is 0 Å². The van der Waals surface area contributed by atoms with Crippen LogP contribution in [0.3, 0.4) is 0 Å². The summed E-state index contributed by atoms with van der Waals surface area (Å²) in [5.74, 6) is -0.717. The van der Waals surface area contributed by atoms with E-state index in [1.165, 1.54) is 0 Å². The monoisotopic (exact) mass is 190 g/mol. The fourth-order valence-corrected chi connectivity index (χ4v) is 0.777. The van der Waals surface area contributed by atoms with E-state index in [1.54, 1.807) is 0 Å². The molecule has 76 valence electrons. The highest BCUT2D eigenvalue weighted by Crippen LogP contribution is 2.09. The molecule has 13 heavy (non-hydrogen) atoms. The number of hydrogen-bond donors (Lipinski definition) is 0. The molecule has 1 nitrogen and oxygen atoms in total.